The van der Waals surface area contributed by atoms with Crippen molar-refractivity contribution in [3.05, 3.63) is 49.6 Å². The number of rotatable bonds is 4. The highest BCUT2D eigenvalue weighted by Gasteiger charge is 2.17. The predicted octanol–water partition coefficient (Wildman–Crippen LogP) is 3.01. The standard InChI is InChI=1S/C15H13IN2O4S2/c1-18-12-5-3-9(7-14(12)23-15(18)19)17-24(20,21)10-4-6-13(22-2)11(16)8-10/h3-8,17H,1-2H3. The summed E-state index contributed by atoms with van der Waals surface area (Å²) in [6.45, 7) is 0. The summed E-state index contributed by atoms with van der Waals surface area (Å²) in [5.74, 6) is 0.616. The summed E-state index contributed by atoms with van der Waals surface area (Å²) < 4.78 is 35.7. The highest BCUT2D eigenvalue weighted by molar-refractivity contribution is 14.1. The van der Waals surface area contributed by atoms with Crippen LogP contribution in [0.25, 0.3) is 10.2 Å². The van der Waals surface area contributed by atoms with E-state index in [1.807, 2.05) is 22.6 Å². The first-order valence-electron chi connectivity index (χ1n) is 6.78. The molecule has 3 aromatic rings. The van der Waals surface area contributed by atoms with E-state index < -0.39 is 10.0 Å². The highest BCUT2D eigenvalue weighted by atomic mass is 127. The topological polar surface area (TPSA) is 77.4 Å². The van der Waals surface area contributed by atoms with E-state index in [0.717, 1.165) is 21.6 Å². The maximum atomic E-state index is 12.5. The molecule has 0 aliphatic heterocycles. The van der Waals surface area contributed by atoms with Gasteiger partial charge in [-0.1, -0.05) is 11.3 Å². The third kappa shape index (κ3) is 3.15. The second-order valence-electron chi connectivity index (χ2n) is 5.01. The number of benzene rings is 2. The SMILES string of the molecule is COc1ccc(S(=O)(=O)Nc2ccc3c(c2)sc(=O)n3C)cc1I. The molecule has 0 aliphatic carbocycles. The molecule has 2 aromatic carbocycles. The number of aryl methyl sites for hydroxylation is 1. The van der Waals surface area contributed by atoms with E-state index in [9.17, 15) is 13.2 Å². The molecule has 6 nitrogen and oxygen atoms in total. The van der Waals surface area contributed by atoms with E-state index in [1.54, 1.807) is 37.4 Å². The Morgan fingerprint density at radius 2 is 1.96 bits per heavy atom. The first kappa shape index (κ1) is 17.2. The summed E-state index contributed by atoms with van der Waals surface area (Å²) >= 11 is 3.10. The molecule has 0 atom stereocenters. The van der Waals surface area contributed by atoms with Gasteiger partial charge < -0.3 is 9.30 Å². The van der Waals surface area contributed by atoms with Gasteiger partial charge >= 0.3 is 4.87 Å². The van der Waals surface area contributed by atoms with E-state index in [0.29, 0.717) is 15.0 Å². The number of nitrogens with zero attached hydrogens (tertiary/aromatic N) is 1. The Hall–Kier alpha value is -1.59. The van der Waals surface area contributed by atoms with Crippen LogP contribution < -0.4 is 14.3 Å². The van der Waals surface area contributed by atoms with Crippen LogP contribution in [0.4, 0.5) is 5.69 Å². The molecule has 126 valence electrons. The van der Waals surface area contributed by atoms with Gasteiger partial charge in [-0.2, -0.15) is 0 Å². The molecule has 3 rings (SSSR count). The molecule has 0 saturated carbocycles. The lowest BCUT2D eigenvalue weighted by Gasteiger charge is -2.10. The molecule has 0 aliphatic rings. The van der Waals surface area contributed by atoms with Crippen molar-refractivity contribution in [1.29, 1.82) is 0 Å². The minimum absolute atomic E-state index is 0.0882. The van der Waals surface area contributed by atoms with E-state index in [1.165, 1.54) is 17.7 Å². The van der Waals surface area contributed by atoms with Gasteiger partial charge in [-0.25, -0.2) is 8.42 Å². The van der Waals surface area contributed by atoms with Crippen LogP contribution in [-0.2, 0) is 17.1 Å². The molecule has 0 amide bonds. The maximum Gasteiger partial charge on any atom is 0.307 e. The Bertz CT molecular complexity index is 1090. The predicted molar refractivity (Wildman–Crippen MR) is 104 cm³/mol. The fraction of sp³-hybridized carbons (Fsp3) is 0.133. The average molecular weight is 476 g/mol. The Morgan fingerprint density at radius 3 is 2.62 bits per heavy atom. The Balaban J connectivity index is 1.97. The van der Waals surface area contributed by atoms with Crippen molar-refractivity contribution in [1.82, 2.24) is 4.57 Å². The Morgan fingerprint density at radius 1 is 1.21 bits per heavy atom. The molecule has 1 heterocycles. The fourth-order valence-electron chi connectivity index (χ4n) is 2.23. The van der Waals surface area contributed by atoms with Crippen molar-refractivity contribution in [2.24, 2.45) is 7.05 Å². The molecular weight excluding hydrogens is 463 g/mol. The lowest BCUT2D eigenvalue weighted by atomic mass is 10.3. The second-order valence-corrected chi connectivity index (χ2v) is 8.85. The molecule has 0 unspecified atom stereocenters. The number of sulfonamides is 1. The van der Waals surface area contributed by atoms with Crippen molar-refractivity contribution in [3.8, 4) is 5.75 Å². The van der Waals surface area contributed by atoms with Crippen LogP contribution in [-0.4, -0.2) is 20.1 Å². The number of hydrogen-bond donors (Lipinski definition) is 1. The molecule has 1 N–H and O–H groups in total. The fourth-order valence-corrected chi connectivity index (χ4v) is 5.17. The summed E-state index contributed by atoms with van der Waals surface area (Å²) in [6.07, 6.45) is 0. The van der Waals surface area contributed by atoms with Crippen LogP contribution in [0.15, 0.2) is 46.1 Å². The third-order valence-electron chi connectivity index (χ3n) is 3.48. The summed E-state index contributed by atoms with van der Waals surface area (Å²) in [6, 6.07) is 9.67. The van der Waals surface area contributed by atoms with E-state index in [4.69, 9.17) is 4.74 Å². The number of halogens is 1. The van der Waals surface area contributed by atoms with E-state index >= 15 is 0 Å². The zero-order valence-corrected chi connectivity index (χ0v) is 16.5. The first-order valence-corrected chi connectivity index (χ1v) is 10.2. The number of ether oxygens (including phenoxy) is 1. The van der Waals surface area contributed by atoms with Gasteiger partial charge in [0.2, 0.25) is 0 Å². The molecule has 0 bridgehead atoms. The Labute approximate surface area is 156 Å². The molecule has 0 spiro atoms. The zero-order chi connectivity index (χ0) is 17.5. The summed E-state index contributed by atoms with van der Waals surface area (Å²) in [4.78, 5) is 11.7. The summed E-state index contributed by atoms with van der Waals surface area (Å²) in [7, 11) is -0.506. The van der Waals surface area contributed by atoms with Gasteiger partial charge in [0.1, 0.15) is 5.75 Å². The maximum absolute atomic E-state index is 12.5. The number of aromatic nitrogens is 1. The largest absolute Gasteiger partial charge is 0.496 e. The smallest absolute Gasteiger partial charge is 0.307 e. The van der Waals surface area contributed by atoms with Crippen molar-refractivity contribution in [2.75, 3.05) is 11.8 Å². The number of thiazole rings is 1. The summed E-state index contributed by atoms with van der Waals surface area (Å²) in [5.41, 5.74) is 1.18. The molecule has 0 radical (unpaired) electrons. The molecule has 0 fully saturated rings. The molecule has 0 saturated heterocycles. The lowest BCUT2D eigenvalue weighted by molar-refractivity contribution is 0.411. The molecule has 1 aromatic heterocycles. The van der Waals surface area contributed by atoms with Gasteiger partial charge in [-0.15, -0.1) is 0 Å². The van der Waals surface area contributed by atoms with Crippen LogP contribution in [0.3, 0.4) is 0 Å². The van der Waals surface area contributed by atoms with Crippen LogP contribution >= 0.6 is 33.9 Å². The zero-order valence-electron chi connectivity index (χ0n) is 12.7. The van der Waals surface area contributed by atoms with Crippen molar-refractivity contribution in [2.45, 2.75) is 4.90 Å². The van der Waals surface area contributed by atoms with Crippen molar-refractivity contribution < 1.29 is 13.2 Å². The van der Waals surface area contributed by atoms with Gasteiger partial charge in [0.05, 0.1) is 31.5 Å². The van der Waals surface area contributed by atoms with Crippen LogP contribution in [0.5, 0.6) is 5.75 Å². The number of fused-ring (bicyclic) bond motifs is 1. The summed E-state index contributed by atoms with van der Waals surface area (Å²) in [5, 5.41) is 0. The normalized spacial score (nSPS) is 11.6. The average Bonchev–Trinajstić information content (AvgIpc) is 2.81. The van der Waals surface area contributed by atoms with Crippen LogP contribution in [0, 0.1) is 3.57 Å². The van der Waals surface area contributed by atoms with Gasteiger partial charge in [0, 0.05) is 7.05 Å². The van der Waals surface area contributed by atoms with Crippen molar-refractivity contribution >= 4 is 59.9 Å². The lowest BCUT2D eigenvalue weighted by Crippen LogP contribution is -2.13. The Kier molecular flexibility index (Phi) is 4.58. The minimum atomic E-state index is -3.72. The third-order valence-corrected chi connectivity index (χ3v) is 6.70. The number of nitrogens with one attached hydrogen (secondary N) is 1. The number of methoxy groups -OCH3 is 1. The van der Waals surface area contributed by atoms with Gasteiger partial charge in [-0.3, -0.25) is 9.52 Å². The van der Waals surface area contributed by atoms with Gasteiger partial charge in [-0.05, 0) is 59.0 Å². The van der Waals surface area contributed by atoms with Gasteiger partial charge in [0.25, 0.3) is 10.0 Å². The minimum Gasteiger partial charge on any atom is -0.496 e. The van der Waals surface area contributed by atoms with E-state index in [-0.39, 0.29) is 9.77 Å². The van der Waals surface area contributed by atoms with E-state index in [2.05, 4.69) is 4.72 Å². The monoisotopic (exact) mass is 476 g/mol. The molecule has 9 heteroatoms. The van der Waals surface area contributed by atoms with Crippen LogP contribution in [0.2, 0.25) is 0 Å². The number of hydrogen-bond acceptors (Lipinski definition) is 5. The highest BCUT2D eigenvalue weighted by Crippen LogP contribution is 2.26. The van der Waals surface area contributed by atoms with Gasteiger partial charge in [0.15, 0.2) is 0 Å². The molecular formula is C15H13IN2O4S2. The molecule has 24 heavy (non-hydrogen) atoms. The quantitative estimate of drug-likeness (QED) is 0.588. The van der Waals surface area contributed by atoms with Crippen molar-refractivity contribution in [3.63, 3.8) is 0 Å². The second kappa shape index (κ2) is 6.37. The van der Waals surface area contributed by atoms with Crippen LogP contribution in [0.1, 0.15) is 0 Å². The number of anilines is 1. The first-order chi connectivity index (χ1) is 11.3.